The predicted octanol–water partition coefficient (Wildman–Crippen LogP) is 0.904. The van der Waals surface area contributed by atoms with Crippen molar-refractivity contribution >= 4 is 35.8 Å². The lowest BCUT2D eigenvalue weighted by atomic mass is 9.97. The van der Waals surface area contributed by atoms with E-state index in [9.17, 15) is 18.8 Å². The highest BCUT2D eigenvalue weighted by Crippen LogP contribution is 2.22. The summed E-state index contributed by atoms with van der Waals surface area (Å²) in [5.41, 5.74) is 0.662. The third kappa shape index (κ3) is 5.96. The van der Waals surface area contributed by atoms with Gasteiger partial charge in [-0.1, -0.05) is 0 Å². The first-order valence-corrected chi connectivity index (χ1v) is 11.1. The Morgan fingerprint density at radius 1 is 1.09 bits per heavy atom. The van der Waals surface area contributed by atoms with E-state index in [-0.39, 0.29) is 36.7 Å². The lowest BCUT2D eigenvalue weighted by molar-refractivity contribution is -0.134. The van der Waals surface area contributed by atoms with E-state index in [0.717, 1.165) is 57.4 Å². The Morgan fingerprint density at radius 3 is 2.47 bits per heavy atom. The number of halogens is 2. The molecule has 4 rings (SSSR count). The van der Waals surface area contributed by atoms with Crippen molar-refractivity contribution < 1.29 is 18.8 Å². The van der Waals surface area contributed by atoms with E-state index >= 15 is 0 Å². The summed E-state index contributed by atoms with van der Waals surface area (Å²) >= 11 is 0. The molecule has 8 nitrogen and oxygen atoms in total. The van der Waals surface area contributed by atoms with Crippen LogP contribution in [-0.2, 0) is 9.59 Å². The molecule has 3 saturated heterocycles. The average Bonchev–Trinajstić information content (AvgIpc) is 2.77. The molecular formula is C22H31ClFN5O3. The summed E-state index contributed by atoms with van der Waals surface area (Å²) in [7, 11) is 0. The molecule has 3 aliphatic rings. The Morgan fingerprint density at radius 2 is 1.81 bits per heavy atom. The van der Waals surface area contributed by atoms with Gasteiger partial charge in [0.25, 0.3) is 5.91 Å². The van der Waals surface area contributed by atoms with Gasteiger partial charge in [0.05, 0.1) is 5.56 Å². The number of carbonyl (C=O) groups is 3. The average molecular weight is 468 g/mol. The number of carbonyl (C=O) groups excluding carboxylic acids is 3. The standard InChI is InChI=1S/C22H30FN5O3.ClH/c23-18-13-16(28-11-9-27(10-12-28)14-15-5-7-24-8-6-15)1-2-17(18)21(30)25-19-3-4-20(29)26-22(19)31;/h1-2,13,15,19,24H,3-12,14H2,(H,25,30)(H,26,29,31);1H/t19-;/m0./s1. The minimum atomic E-state index is -0.822. The number of imide groups is 1. The van der Waals surface area contributed by atoms with E-state index in [4.69, 9.17) is 0 Å². The molecule has 1 aromatic carbocycles. The third-order valence-corrected chi connectivity index (χ3v) is 6.45. The molecule has 0 bridgehead atoms. The predicted molar refractivity (Wildman–Crippen MR) is 122 cm³/mol. The molecule has 1 atom stereocenters. The van der Waals surface area contributed by atoms with Crippen LogP contribution in [0.5, 0.6) is 0 Å². The number of piperidine rings is 2. The molecular weight excluding hydrogens is 437 g/mol. The van der Waals surface area contributed by atoms with Gasteiger partial charge in [-0.25, -0.2) is 4.39 Å². The number of nitrogens with zero attached hydrogens (tertiary/aromatic N) is 2. The number of piperazine rings is 1. The molecule has 0 saturated carbocycles. The van der Waals surface area contributed by atoms with E-state index in [1.54, 1.807) is 6.07 Å². The normalized spacial score (nSPS) is 22.8. The first-order chi connectivity index (χ1) is 15.0. The summed E-state index contributed by atoms with van der Waals surface area (Å²) < 4.78 is 14.7. The molecule has 32 heavy (non-hydrogen) atoms. The highest BCUT2D eigenvalue weighted by molar-refractivity contribution is 6.03. The Bertz CT molecular complexity index is 841. The van der Waals surface area contributed by atoms with Gasteiger partial charge in [-0.05, 0) is 56.5 Å². The minimum Gasteiger partial charge on any atom is -0.369 e. The molecule has 3 heterocycles. The highest BCUT2D eigenvalue weighted by Gasteiger charge is 2.29. The molecule has 10 heteroatoms. The Balaban J connectivity index is 0.00000289. The van der Waals surface area contributed by atoms with Gasteiger partial charge in [0.1, 0.15) is 11.9 Å². The maximum atomic E-state index is 14.7. The van der Waals surface area contributed by atoms with Gasteiger partial charge < -0.3 is 15.5 Å². The zero-order valence-electron chi connectivity index (χ0n) is 18.1. The topological polar surface area (TPSA) is 93.8 Å². The maximum absolute atomic E-state index is 14.7. The quantitative estimate of drug-likeness (QED) is 0.557. The second-order valence-electron chi connectivity index (χ2n) is 8.62. The van der Waals surface area contributed by atoms with Crippen LogP contribution in [0.1, 0.15) is 36.0 Å². The van der Waals surface area contributed by atoms with Crippen molar-refractivity contribution in [2.75, 3.05) is 50.7 Å². The molecule has 0 aliphatic carbocycles. The van der Waals surface area contributed by atoms with Crippen molar-refractivity contribution in [2.45, 2.75) is 31.7 Å². The van der Waals surface area contributed by atoms with Gasteiger partial charge in [0.2, 0.25) is 11.8 Å². The first-order valence-electron chi connectivity index (χ1n) is 11.1. The molecule has 0 unspecified atom stereocenters. The fraction of sp³-hybridized carbons (Fsp3) is 0.591. The minimum absolute atomic E-state index is 0. The number of rotatable bonds is 5. The second-order valence-corrected chi connectivity index (χ2v) is 8.62. The van der Waals surface area contributed by atoms with Crippen molar-refractivity contribution in [1.82, 2.24) is 20.9 Å². The van der Waals surface area contributed by atoms with Crippen molar-refractivity contribution in [1.29, 1.82) is 0 Å². The van der Waals surface area contributed by atoms with Crippen LogP contribution in [0.2, 0.25) is 0 Å². The van der Waals surface area contributed by atoms with Crippen LogP contribution in [0.25, 0.3) is 0 Å². The smallest absolute Gasteiger partial charge is 0.254 e. The summed E-state index contributed by atoms with van der Waals surface area (Å²) in [5.74, 6) is -1.41. The van der Waals surface area contributed by atoms with Crippen LogP contribution in [0.3, 0.4) is 0 Å². The highest BCUT2D eigenvalue weighted by atomic mass is 35.5. The van der Waals surface area contributed by atoms with Gasteiger partial charge in [0, 0.05) is 44.8 Å². The Hall–Kier alpha value is -2.23. The lowest BCUT2D eigenvalue weighted by Crippen LogP contribution is -2.52. The number of benzene rings is 1. The maximum Gasteiger partial charge on any atom is 0.254 e. The van der Waals surface area contributed by atoms with Crippen LogP contribution < -0.4 is 20.9 Å². The summed E-state index contributed by atoms with van der Waals surface area (Å²) in [6.07, 6.45) is 2.83. The van der Waals surface area contributed by atoms with Crippen LogP contribution in [0.4, 0.5) is 10.1 Å². The molecule has 3 aliphatic heterocycles. The number of hydrogen-bond acceptors (Lipinski definition) is 6. The van der Waals surface area contributed by atoms with Crippen LogP contribution in [-0.4, -0.2) is 74.5 Å². The van der Waals surface area contributed by atoms with Crippen LogP contribution in [0, 0.1) is 11.7 Å². The summed E-state index contributed by atoms with van der Waals surface area (Å²) in [6.45, 7) is 6.88. The van der Waals surface area contributed by atoms with Gasteiger partial charge in [0.15, 0.2) is 0 Å². The number of hydrogen-bond donors (Lipinski definition) is 3. The third-order valence-electron chi connectivity index (χ3n) is 6.45. The summed E-state index contributed by atoms with van der Waals surface area (Å²) in [5, 5.41) is 8.10. The van der Waals surface area contributed by atoms with Crippen molar-refractivity contribution in [3.8, 4) is 0 Å². The van der Waals surface area contributed by atoms with Gasteiger partial charge in [-0.2, -0.15) is 0 Å². The molecule has 3 N–H and O–H groups in total. The van der Waals surface area contributed by atoms with Gasteiger partial charge >= 0.3 is 0 Å². The Labute approximate surface area is 193 Å². The molecule has 176 valence electrons. The number of amides is 3. The number of anilines is 1. The van der Waals surface area contributed by atoms with Gasteiger partial charge in [-0.3, -0.25) is 24.6 Å². The molecule has 1 aromatic rings. The molecule has 0 radical (unpaired) electrons. The first kappa shape index (κ1) is 24.4. The largest absolute Gasteiger partial charge is 0.369 e. The summed E-state index contributed by atoms with van der Waals surface area (Å²) in [6, 6.07) is 3.79. The zero-order valence-corrected chi connectivity index (χ0v) is 18.9. The fourth-order valence-corrected chi connectivity index (χ4v) is 4.57. The molecule has 0 aromatic heterocycles. The van der Waals surface area contributed by atoms with Crippen molar-refractivity contribution in [2.24, 2.45) is 5.92 Å². The monoisotopic (exact) mass is 467 g/mol. The molecule has 3 amide bonds. The van der Waals surface area contributed by atoms with Gasteiger partial charge in [-0.15, -0.1) is 12.4 Å². The van der Waals surface area contributed by atoms with Crippen molar-refractivity contribution in [3.05, 3.63) is 29.6 Å². The van der Waals surface area contributed by atoms with E-state index in [1.165, 1.54) is 25.0 Å². The van der Waals surface area contributed by atoms with Crippen LogP contribution in [0.15, 0.2) is 18.2 Å². The van der Waals surface area contributed by atoms with E-state index < -0.39 is 23.7 Å². The number of nitrogens with one attached hydrogen (secondary N) is 3. The van der Waals surface area contributed by atoms with E-state index in [2.05, 4.69) is 25.8 Å². The molecule has 0 spiro atoms. The zero-order chi connectivity index (χ0) is 21.8. The van der Waals surface area contributed by atoms with Crippen molar-refractivity contribution in [3.63, 3.8) is 0 Å². The Kier molecular flexibility index (Phi) is 8.44. The second kappa shape index (κ2) is 11.1. The molecule has 3 fully saturated rings. The fourth-order valence-electron chi connectivity index (χ4n) is 4.57. The SMILES string of the molecule is Cl.O=C1CC[C@H](NC(=O)c2ccc(N3CCN(CC4CCNCC4)CC3)cc2F)C(=O)N1. The lowest BCUT2D eigenvalue weighted by Gasteiger charge is -2.38. The van der Waals surface area contributed by atoms with E-state index in [0.29, 0.717) is 0 Å². The summed E-state index contributed by atoms with van der Waals surface area (Å²) in [4.78, 5) is 40.1. The van der Waals surface area contributed by atoms with E-state index in [1.807, 2.05) is 0 Å². The van der Waals surface area contributed by atoms with Crippen LogP contribution >= 0.6 is 12.4 Å².